The second-order valence-corrected chi connectivity index (χ2v) is 4.62. The molecule has 4 nitrogen and oxygen atoms in total. The molecule has 2 N–H and O–H groups in total. The number of aliphatic hydroxyl groups excluding tert-OH is 1. The van der Waals surface area contributed by atoms with Gasteiger partial charge in [-0.2, -0.15) is 0 Å². The maximum Gasteiger partial charge on any atom is 0.321 e. The number of carbonyl (C=O) groups is 1. The van der Waals surface area contributed by atoms with Crippen molar-refractivity contribution in [1.82, 2.24) is 4.90 Å². The summed E-state index contributed by atoms with van der Waals surface area (Å²) in [6.07, 6.45) is 0. The molecule has 0 aliphatic carbocycles. The molecule has 1 aromatic carbocycles. The van der Waals surface area contributed by atoms with E-state index in [4.69, 9.17) is 16.7 Å². The van der Waals surface area contributed by atoms with E-state index in [0.29, 0.717) is 23.8 Å². The maximum atomic E-state index is 11.8. The van der Waals surface area contributed by atoms with E-state index in [0.717, 1.165) is 4.47 Å². The van der Waals surface area contributed by atoms with Gasteiger partial charge in [-0.25, -0.2) is 4.79 Å². The Kier molecular flexibility index (Phi) is 5.74. The molecular formula is C11H14BrClN2O2. The quantitative estimate of drug-likeness (QED) is 0.896. The molecule has 94 valence electrons. The van der Waals surface area contributed by atoms with Gasteiger partial charge in [0.25, 0.3) is 0 Å². The number of hydrogen-bond acceptors (Lipinski definition) is 2. The third-order valence-electron chi connectivity index (χ3n) is 2.21. The van der Waals surface area contributed by atoms with Gasteiger partial charge >= 0.3 is 6.03 Å². The number of benzene rings is 1. The summed E-state index contributed by atoms with van der Waals surface area (Å²) in [4.78, 5) is 13.3. The lowest BCUT2D eigenvalue weighted by atomic mass is 10.3. The molecule has 0 saturated heterocycles. The molecule has 0 spiro atoms. The minimum absolute atomic E-state index is 0.0500. The van der Waals surface area contributed by atoms with Crippen LogP contribution in [0.2, 0.25) is 5.02 Å². The van der Waals surface area contributed by atoms with Crippen molar-refractivity contribution in [3.63, 3.8) is 0 Å². The number of nitrogens with one attached hydrogen (secondary N) is 1. The van der Waals surface area contributed by atoms with Crippen molar-refractivity contribution in [2.24, 2.45) is 0 Å². The lowest BCUT2D eigenvalue weighted by molar-refractivity contribution is 0.192. The molecule has 2 amide bonds. The molecule has 0 unspecified atom stereocenters. The van der Waals surface area contributed by atoms with E-state index in [9.17, 15) is 4.79 Å². The van der Waals surface area contributed by atoms with Crippen molar-refractivity contribution in [3.8, 4) is 0 Å². The van der Waals surface area contributed by atoms with Gasteiger partial charge in [-0.1, -0.05) is 11.6 Å². The number of carbonyl (C=O) groups excluding carboxylic acids is 1. The predicted molar refractivity (Wildman–Crippen MR) is 72.5 cm³/mol. The third kappa shape index (κ3) is 4.18. The number of hydrogen-bond donors (Lipinski definition) is 2. The fourth-order valence-electron chi connectivity index (χ4n) is 1.30. The van der Waals surface area contributed by atoms with Crippen LogP contribution in [0, 0.1) is 0 Å². The van der Waals surface area contributed by atoms with Crippen molar-refractivity contribution < 1.29 is 9.90 Å². The maximum absolute atomic E-state index is 11.8. The number of urea groups is 1. The van der Waals surface area contributed by atoms with Gasteiger partial charge in [-0.05, 0) is 41.1 Å². The largest absolute Gasteiger partial charge is 0.395 e. The molecule has 0 aromatic heterocycles. The van der Waals surface area contributed by atoms with E-state index in [-0.39, 0.29) is 12.6 Å². The molecule has 0 saturated carbocycles. The number of halogens is 2. The Morgan fingerprint density at radius 2 is 2.29 bits per heavy atom. The highest BCUT2D eigenvalue weighted by atomic mass is 79.9. The average Bonchev–Trinajstić information content (AvgIpc) is 2.30. The van der Waals surface area contributed by atoms with Crippen molar-refractivity contribution in [3.05, 3.63) is 27.7 Å². The summed E-state index contributed by atoms with van der Waals surface area (Å²) in [7, 11) is 0. The average molecular weight is 322 g/mol. The predicted octanol–water partition coefficient (Wildman–Crippen LogP) is 2.95. The number of rotatable bonds is 4. The van der Waals surface area contributed by atoms with Crippen molar-refractivity contribution in [1.29, 1.82) is 0 Å². The number of aliphatic hydroxyl groups is 1. The molecule has 0 radical (unpaired) electrons. The molecule has 0 heterocycles. The smallest absolute Gasteiger partial charge is 0.321 e. The van der Waals surface area contributed by atoms with Crippen molar-refractivity contribution in [2.45, 2.75) is 6.92 Å². The van der Waals surface area contributed by atoms with Gasteiger partial charge in [0, 0.05) is 23.2 Å². The number of nitrogens with zero attached hydrogens (tertiary/aromatic N) is 1. The van der Waals surface area contributed by atoms with Crippen LogP contribution in [0.3, 0.4) is 0 Å². The zero-order chi connectivity index (χ0) is 12.8. The molecule has 0 aliphatic heterocycles. The Bertz CT molecular complexity index is 401. The van der Waals surface area contributed by atoms with Gasteiger partial charge < -0.3 is 15.3 Å². The Balaban J connectivity index is 2.69. The summed E-state index contributed by atoms with van der Waals surface area (Å²) in [6, 6.07) is 4.91. The zero-order valence-corrected chi connectivity index (χ0v) is 11.8. The summed E-state index contributed by atoms with van der Waals surface area (Å²) >= 11 is 9.14. The van der Waals surface area contributed by atoms with Crippen LogP contribution < -0.4 is 5.32 Å². The lowest BCUT2D eigenvalue weighted by Gasteiger charge is -2.20. The Morgan fingerprint density at radius 3 is 2.82 bits per heavy atom. The molecule has 1 aromatic rings. The van der Waals surface area contributed by atoms with Crippen LogP contribution >= 0.6 is 27.5 Å². The Morgan fingerprint density at radius 1 is 1.59 bits per heavy atom. The van der Waals surface area contributed by atoms with Gasteiger partial charge in [0.1, 0.15) is 0 Å². The Labute approximate surface area is 114 Å². The summed E-state index contributed by atoms with van der Waals surface area (Å²) in [5.41, 5.74) is 0.655. The van der Waals surface area contributed by atoms with E-state index in [1.54, 1.807) is 18.2 Å². The van der Waals surface area contributed by atoms with E-state index >= 15 is 0 Å². The van der Waals surface area contributed by atoms with E-state index in [2.05, 4.69) is 21.2 Å². The molecular weight excluding hydrogens is 307 g/mol. The minimum Gasteiger partial charge on any atom is -0.395 e. The van der Waals surface area contributed by atoms with Gasteiger partial charge in [0.15, 0.2) is 0 Å². The molecule has 0 fully saturated rings. The fourth-order valence-corrected chi connectivity index (χ4v) is 1.80. The number of anilines is 1. The minimum atomic E-state index is -0.240. The van der Waals surface area contributed by atoms with E-state index in [1.165, 1.54) is 4.90 Å². The highest BCUT2D eigenvalue weighted by Gasteiger charge is 2.11. The highest BCUT2D eigenvalue weighted by molar-refractivity contribution is 9.10. The van der Waals surface area contributed by atoms with Crippen LogP contribution in [0.25, 0.3) is 0 Å². The van der Waals surface area contributed by atoms with Crippen LogP contribution in [0.5, 0.6) is 0 Å². The number of amides is 2. The van der Waals surface area contributed by atoms with Crippen molar-refractivity contribution in [2.75, 3.05) is 25.0 Å². The zero-order valence-electron chi connectivity index (χ0n) is 9.41. The van der Waals surface area contributed by atoms with Crippen molar-refractivity contribution >= 4 is 39.2 Å². The van der Waals surface area contributed by atoms with Crippen LogP contribution in [0.4, 0.5) is 10.5 Å². The first-order valence-corrected chi connectivity index (χ1v) is 6.37. The summed E-state index contributed by atoms with van der Waals surface area (Å²) in [5, 5.41) is 12.1. The van der Waals surface area contributed by atoms with Gasteiger partial charge in [0.05, 0.1) is 11.6 Å². The summed E-state index contributed by atoms with van der Waals surface area (Å²) in [6.45, 7) is 2.66. The molecule has 1 rings (SSSR count). The molecule has 0 atom stereocenters. The van der Waals surface area contributed by atoms with Crippen LogP contribution in [-0.4, -0.2) is 35.7 Å². The van der Waals surface area contributed by atoms with Crippen LogP contribution in [-0.2, 0) is 0 Å². The first-order chi connectivity index (χ1) is 8.08. The standard InChI is InChI=1S/C11H14BrClN2O2/c1-2-15(5-6-16)11(17)14-8-3-4-10(13)9(12)7-8/h3-4,7,16H,2,5-6H2,1H3,(H,14,17). The van der Waals surface area contributed by atoms with Gasteiger partial charge in [0.2, 0.25) is 0 Å². The SMILES string of the molecule is CCN(CCO)C(=O)Nc1ccc(Cl)c(Br)c1. The highest BCUT2D eigenvalue weighted by Crippen LogP contribution is 2.25. The second kappa shape index (κ2) is 6.83. The first-order valence-electron chi connectivity index (χ1n) is 5.20. The van der Waals surface area contributed by atoms with E-state index < -0.39 is 0 Å². The van der Waals surface area contributed by atoms with Crippen LogP contribution in [0.15, 0.2) is 22.7 Å². The molecule has 0 bridgehead atoms. The summed E-state index contributed by atoms with van der Waals surface area (Å²) in [5.74, 6) is 0. The second-order valence-electron chi connectivity index (χ2n) is 3.36. The fraction of sp³-hybridized carbons (Fsp3) is 0.364. The monoisotopic (exact) mass is 320 g/mol. The third-order valence-corrected chi connectivity index (χ3v) is 3.42. The van der Waals surface area contributed by atoms with Gasteiger partial charge in [-0.3, -0.25) is 0 Å². The summed E-state index contributed by atoms with van der Waals surface area (Å²) < 4.78 is 0.724. The normalized spacial score (nSPS) is 10.1. The molecule has 0 aliphatic rings. The van der Waals surface area contributed by atoms with Crippen LogP contribution in [0.1, 0.15) is 6.92 Å². The Hall–Kier alpha value is -0.780. The van der Waals surface area contributed by atoms with E-state index in [1.807, 2.05) is 6.92 Å². The van der Waals surface area contributed by atoms with Gasteiger partial charge in [-0.15, -0.1) is 0 Å². The lowest BCUT2D eigenvalue weighted by Crippen LogP contribution is -2.36. The number of likely N-dealkylation sites (N-methyl/N-ethyl adjacent to an activating group) is 1. The molecule has 17 heavy (non-hydrogen) atoms. The molecule has 6 heteroatoms. The first kappa shape index (κ1) is 14.3. The topological polar surface area (TPSA) is 52.6 Å².